The van der Waals surface area contributed by atoms with Crippen molar-refractivity contribution in [2.45, 2.75) is 13.2 Å². The van der Waals surface area contributed by atoms with Gasteiger partial charge in [0, 0.05) is 11.5 Å². The lowest BCUT2D eigenvalue weighted by atomic mass is 10.1. The maximum atomic E-state index is 6.04. The Morgan fingerprint density at radius 1 is 0.541 bits per heavy atom. The van der Waals surface area contributed by atoms with E-state index in [4.69, 9.17) is 9.47 Å². The molecule has 180 valence electrons. The van der Waals surface area contributed by atoms with Gasteiger partial charge in [-0.25, -0.2) is 4.68 Å². The molecule has 1 aromatic heterocycles. The molecule has 0 amide bonds. The molecule has 0 radical (unpaired) electrons. The summed E-state index contributed by atoms with van der Waals surface area (Å²) in [5.41, 5.74) is 6.59. The van der Waals surface area contributed by atoms with E-state index < -0.39 is 0 Å². The predicted octanol–water partition coefficient (Wildman–Crippen LogP) is 7.85. The molecule has 0 saturated heterocycles. The highest BCUT2D eigenvalue weighted by Gasteiger charge is 2.08. The van der Waals surface area contributed by atoms with Crippen LogP contribution in [0.15, 0.2) is 134 Å². The standard InChI is InChI=1S/C33H26N2O2/c1-3-7-25(8-4-1)23-36-31-18-13-28(14-19-31)27-11-16-30(17-12-27)35-33-21-32(20-15-29(33)22-34-35)37-24-26-9-5-2-6-10-26/h1-22H,23-24H2. The smallest absolute Gasteiger partial charge is 0.122 e. The molecule has 0 unspecified atom stereocenters. The Kier molecular flexibility index (Phi) is 6.37. The van der Waals surface area contributed by atoms with E-state index >= 15 is 0 Å². The average Bonchev–Trinajstić information content (AvgIpc) is 3.40. The number of rotatable bonds is 8. The first-order chi connectivity index (χ1) is 18.3. The van der Waals surface area contributed by atoms with Gasteiger partial charge in [0.1, 0.15) is 24.7 Å². The van der Waals surface area contributed by atoms with E-state index in [1.165, 1.54) is 0 Å². The summed E-state index contributed by atoms with van der Waals surface area (Å²) in [6.45, 7) is 1.09. The lowest BCUT2D eigenvalue weighted by Gasteiger charge is -2.10. The van der Waals surface area contributed by atoms with Gasteiger partial charge in [0.25, 0.3) is 0 Å². The van der Waals surface area contributed by atoms with Gasteiger partial charge in [0.15, 0.2) is 0 Å². The summed E-state index contributed by atoms with van der Waals surface area (Å²) in [5, 5.41) is 5.70. The first-order valence-corrected chi connectivity index (χ1v) is 12.3. The average molecular weight is 483 g/mol. The Morgan fingerprint density at radius 2 is 1.08 bits per heavy atom. The molecule has 0 N–H and O–H groups in total. The third-order valence-electron chi connectivity index (χ3n) is 6.34. The van der Waals surface area contributed by atoms with Gasteiger partial charge < -0.3 is 9.47 Å². The summed E-state index contributed by atoms with van der Waals surface area (Å²) in [5.74, 6) is 1.68. The molecule has 5 aromatic carbocycles. The highest BCUT2D eigenvalue weighted by atomic mass is 16.5. The van der Waals surface area contributed by atoms with Gasteiger partial charge in [-0.15, -0.1) is 0 Å². The summed E-state index contributed by atoms with van der Waals surface area (Å²) < 4.78 is 13.9. The fourth-order valence-electron chi connectivity index (χ4n) is 4.31. The fourth-order valence-corrected chi connectivity index (χ4v) is 4.31. The molecule has 0 fully saturated rings. The molecule has 0 aliphatic rings. The van der Waals surface area contributed by atoms with E-state index in [2.05, 4.69) is 71.8 Å². The lowest BCUT2D eigenvalue weighted by Crippen LogP contribution is -1.98. The number of hydrogen-bond donors (Lipinski definition) is 0. The van der Waals surface area contributed by atoms with Crippen LogP contribution in [-0.4, -0.2) is 9.78 Å². The van der Waals surface area contributed by atoms with Gasteiger partial charge in [-0.1, -0.05) is 84.9 Å². The SMILES string of the molecule is c1ccc(COc2ccc(-c3ccc(-n4ncc5ccc(OCc6ccccc6)cc54)cc3)cc2)cc1. The second kappa shape index (κ2) is 10.4. The van der Waals surface area contributed by atoms with E-state index in [1.54, 1.807) is 0 Å². The van der Waals surface area contributed by atoms with Gasteiger partial charge in [-0.05, 0) is 58.7 Å². The van der Waals surface area contributed by atoms with Crippen LogP contribution in [0.4, 0.5) is 0 Å². The number of benzene rings is 5. The zero-order valence-electron chi connectivity index (χ0n) is 20.3. The van der Waals surface area contributed by atoms with E-state index in [0.29, 0.717) is 13.2 Å². The quantitative estimate of drug-likeness (QED) is 0.222. The topological polar surface area (TPSA) is 36.3 Å². The maximum absolute atomic E-state index is 6.04. The van der Waals surface area contributed by atoms with Gasteiger partial charge in [-0.2, -0.15) is 5.10 Å². The van der Waals surface area contributed by atoms with Crippen LogP contribution in [0.2, 0.25) is 0 Å². The normalized spacial score (nSPS) is 10.9. The van der Waals surface area contributed by atoms with Crippen LogP contribution in [0.1, 0.15) is 11.1 Å². The van der Waals surface area contributed by atoms with Gasteiger partial charge >= 0.3 is 0 Å². The minimum Gasteiger partial charge on any atom is -0.489 e. The second-order valence-corrected chi connectivity index (χ2v) is 8.90. The van der Waals surface area contributed by atoms with Crippen LogP contribution in [0, 0.1) is 0 Å². The number of nitrogens with zero attached hydrogens (tertiary/aromatic N) is 2. The first kappa shape index (κ1) is 22.6. The number of hydrogen-bond acceptors (Lipinski definition) is 3. The zero-order chi connectivity index (χ0) is 24.9. The summed E-state index contributed by atoms with van der Waals surface area (Å²) in [6.07, 6.45) is 1.89. The Morgan fingerprint density at radius 3 is 1.70 bits per heavy atom. The summed E-state index contributed by atoms with van der Waals surface area (Å²) in [4.78, 5) is 0. The molecule has 0 atom stereocenters. The minimum atomic E-state index is 0.533. The molecule has 0 saturated carbocycles. The first-order valence-electron chi connectivity index (χ1n) is 12.3. The van der Waals surface area contributed by atoms with Crippen LogP contribution < -0.4 is 9.47 Å². The molecule has 6 aromatic rings. The molecule has 0 aliphatic heterocycles. The molecule has 0 spiro atoms. The zero-order valence-corrected chi connectivity index (χ0v) is 20.3. The van der Waals surface area contributed by atoms with Gasteiger partial charge in [-0.3, -0.25) is 0 Å². The van der Waals surface area contributed by atoms with Crippen molar-refractivity contribution in [2.75, 3.05) is 0 Å². The Hall–Kier alpha value is -4.83. The molecule has 0 aliphatic carbocycles. The highest BCUT2D eigenvalue weighted by Crippen LogP contribution is 2.27. The van der Waals surface area contributed by atoms with Crippen molar-refractivity contribution < 1.29 is 9.47 Å². The third kappa shape index (κ3) is 5.24. The molecule has 4 heteroatoms. The fraction of sp³-hybridized carbons (Fsp3) is 0.0606. The van der Waals surface area contributed by atoms with Crippen LogP contribution in [-0.2, 0) is 13.2 Å². The number of ether oxygens (including phenoxy) is 2. The maximum Gasteiger partial charge on any atom is 0.122 e. The lowest BCUT2D eigenvalue weighted by molar-refractivity contribution is 0.306. The predicted molar refractivity (Wildman–Crippen MR) is 148 cm³/mol. The van der Waals surface area contributed by atoms with E-state index in [9.17, 15) is 0 Å². The summed E-state index contributed by atoms with van der Waals surface area (Å²) in [7, 11) is 0. The van der Waals surface area contributed by atoms with Crippen LogP contribution in [0.5, 0.6) is 11.5 Å². The van der Waals surface area contributed by atoms with Gasteiger partial charge in [0.2, 0.25) is 0 Å². The van der Waals surface area contributed by atoms with E-state index in [1.807, 2.05) is 71.5 Å². The second-order valence-electron chi connectivity index (χ2n) is 8.90. The minimum absolute atomic E-state index is 0.533. The Labute approximate surface area is 216 Å². The molecule has 37 heavy (non-hydrogen) atoms. The third-order valence-corrected chi connectivity index (χ3v) is 6.34. The highest BCUT2D eigenvalue weighted by molar-refractivity contribution is 5.82. The van der Waals surface area contributed by atoms with Crippen molar-refractivity contribution in [1.29, 1.82) is 0 Å². The monoisotopic (exact) mass is 482 g/mol. The van der Waals surface area contributed by atoms with Crippen molar-refractivity contribution in [3.63, 3.8) is 0 Å². The van der Waals surface area contributed by atoms with Crippen LogP contribution in [0.25, 0.3) is 27.7 Å². The van der Waals surface area contributed by atoms with Crippen molar-refractivity contribution in [2.24, 2.45) is 0 Å². The largest absolute Gasteiger partial charge is 0.489 e. The molecule has 6 rings (SSSR count). The van der Waals surface area contributed by atoms with Gasteiger partial charge in [0.05, 0.1) is 17.4 Å². The van der Waals surface area contributed by atoms with Crippen molar-refractivity contribution in [3.8, 4) is 28.3 Å². The van der Waals surface area contributed by atoms with Crippen molar-refractivity contribution >= 4 is 10.9 Å². The molecule has 1 heterocycles. The molecular formula is C33H26N2O2. The molecule has 0 bridgehead atoms. The Bertz CT molecular complexity index is 1590. The Balaban J connectivity index is 1.16. The summed E-state index contributed by atoms with van der Waals surface area (Å²) in [6, 6.07) is 43.1. The van der Waals surface area contributed by atoms with E-state index in [0.717, 1.165) is 50.3 Å². The molecular weight excluding hydrogens is 456 g/mol. The van der Waals surface area contributed by atoms with Crippen LogP contribution in [0.3, 0.4) is 0 Å². The van der Waals surface area contributed by atoms with Crippen molar-refractivity contribution in [3.05, 3.63) is 145 Å². The van der Waals surface area contributed by atoms with E-state index in [-0.39, 0.29) is 0 Å². The van der Waals surface area contributed by atoms with Crippen LogP contribution >= 0.6 is 0 Å². The number of fused-ring (bicyclic) bond motifs is 1. The van der Waals surface area contributed by atoms with Crippen molar-refractivity contribution in [1.82, 2.24) is 9.78 Å². The number of aromatic nitrogens is 2. The summed E-state index contributed by atoms with van der Waals surface area (Å²) >= 11 is 0. The molecule has 4 nitrogen and oxygen atoms in total.